The Balaban J connectivity index is 2.19. The van der Waals surface area contributed by atoms with Gasteiger partial charge in [0.25, 0.3) is 0 Å². The average molecular weight is 277 g/mol. The van der Waals surface area contributed by atoms with E-state index in [2.05, 4.69) is 25.2 Å². The fourth-order valence-corrected chi connectivity index (χ4v) is 3.44. The molecule has 1 aliphatic carbocycles. The average Bonchev–Trinajstić information content (AvgIpc) is 2.43. The number of nitrogens with one attached hydrogen (secondary N) is 1. The van der Waals surface area contributed by atoms with E-state index in [0.717, 1.165) is 30.0 Å². The van der Waals surface area contributed by atoms with Crippen LogP contribution in [0.15, 0.2) is 18.2 Å². The molecule has 1 nitrogen and oxygen atoms in total. The van der Waals surface area contributed by atoms with Gasteiger partial charge in [0.15, 0.2) is 0 Å². The molecule has 0 aliphatic heterocycles. The van der Waals surface area contributed by atoms with Crippen LogP contribution >= 0.6 is 0 Å². The quantitative estimate of drug-likeness (QED) is 0.798. The molecule has 112 valence electrons. The van der Waals surface area contributed by atoms with Crippen LogP contribution < -0.4 is 5.32 Å². The van der Waals surface area contributed by atoms with Gasteiger partial charge in [0.1, 0.15) is 5.82 Å². The van der Waals surface area contributed by atoms with E-state index in [1.165, 1.54) is 25.7 Å². The highest BCUT2D eigenvalue weighted by Crippen LogP contribution is 2.37. The van der Waals surface area contributed by atoms with Crippen molar-refractivity contribution in [3.8, 4) is 0 Å². The minimum absolute atomic E-state index is 0.0744. The van der Waals surface area contributed by atoms with Crippen LogP contribution in [0.1, 0.15) is 63.1 Å². The van der Waals surface area contributed by atoms with Crippen molar-refractivity contribution >= 4 is 0 Å². The smallest absolute Gasteiger partial charge is 0.126 e. The summed E-state index contributed by atoms with van der Waals surface area (Å²) in [7, 11) is 0. The number of hydrogen-bond acceptors (Lipinski definition) is 1. The molecule has 1 N–H and O–H groups in total. The van der Waals surface area contributed by atoms with Crippen molar-refractivity contribution in [3.05, 3.63) is 35.1 Å². The predicted octanol–water partition coefficient (Wildman–Crippen LogP) is 5.00. The molecule has 20 heavy (non-hydrogen) atoms. The topological polar surface area (TPSA) is 12.0 Å². The zero-order chi connectivity index (χ0) is 14.5. The standard InChI is InChI=1S/C18H28FN/c1-4-10-20-18(15-7-5-6-13(2)11-15)16-9-8-14(3)17(19)12-16/h8-9,12-13,15,18,20H,4-7,10-11H2,1-3H3. The van der Waals surface area contributed by atoms with Gasteiger partial charge in [0.2, 0.25) is 0 Å². The molecule has 0 saturated heterocycles. The zero-order valence-corrected chi connectivity index (χ0v) is 13.1. The number of benzene rings is 1. The molecule has 3 atom stereocenters. The van der Waals surface area contributed by atoms with Crippen molar-refractivity contribution in [1.29, 1.82) is 0 Å². The summed E-state index contributed by atoms with van der Waals surface area (Å²) >= 11 is 0. The lowest BCUT2D eigenvalue weighted by Crippen LogP contribution is -2.32. The summed E-state index contributed by atoms with van der Waals surface area (Å²) < 4.78 is 13.9. The van der Waals surface area contributed by atoms with Crippen LogP contribution in [0.2, 0.25) is 0 Å². The largest absolute Gasteiger partial charge is 0.310 e. The van der Waals surface area contributed by atoms with Crippen molar-refractivity contribution in [2.45, 2.75) is 58.9 Å². The Hall–Kier alpha value is -0.890. The van der Waals surface area contributed by atoms with Gasteiger partial charge in [-0.2, -0.15) is 0 Å². The molecule has 2 rings (SSSR count). The maximum absolute atomic E-state index is 13.9. The minimum atomic E-state index is -0.0744. The van der Waals surface area contributed by atoms with Gasteiger partial charge in [-0.15, -0.1) is 0 Å². The Morgan fingerprint density at radius 3 is 2.80 bits per heavy atom. The maximum atomic E-state index is 13.9. The van der Waals surface area contributed by atoms with E-state index < -0.39 is 0 Å². The molecule has 2 heteroatoms. The second-order valence-electron chi connectivity index (χ2n) is 6.47. The SMILES string of the molecule is CCCNC(c1ccc(C)c(F)c1)C1CCCC(C)C1. The molecule has 1 aliphatic rings. The second kappa shape index (κ2) is 7.21. The van der Waals surface area contributed by atoms with Gasteiger partial charge in [0, 0.05) is 6.04 Å². The van der Waals surface area contributed by atoms with Crippen LogP contribution in [0.3, 0.4) is 0 Å². The summed E-state index contributed by atoms with van der Waals surface area (Å²) in [5, 5.41) is 3.66. The Kier molecular flexibility index (Phi) is 5.59. The Morgan fingerprint density at radius 1 is 1.35 bits per heavy atom. The van der Waals surface area contributed by atoms with Gasteiger partial charge >= 0.3 is 0 Å². The first-order valence-corrected chi connectivity index (χ1v) is 8.11. The Labute approximate surface area is 123 Å². The normalized spacial score (nSPS) is 24.6. The van der Waals surface area contributed by atoms with E-state index in [-0.39, 0.29) is 5.82 Å². The van der Waals surface area contributed by atoms with Gasteiger partial charge in [-0.1, -0.05) is 38.8 Å². The third-order valence-electron chi connectivity index (χ3n) is 4.62. The lowest BCUT2D eigenvalue weighted by atomic mass is 9.76. The van der Waals surface area contributed by atoms with Crippen LogP contribution in [0.4, 0.5) is 4.39 Å². The van der Waals surface area contributed by atoms with E-state index in [1.807, 2.05) is 13.0 Å². The van der Waals surface area contributed by atoms with Gasteiger partial charge in [-0.05, 0) is 61.8 Å². The third kappa shape index (κ3) is 3.82. The second-order valence-corrected chi connectivity index (χ2v) is 6.47. The first-order valence-electron chi connectivity index (χ1n) is 8.11. The number of halogens is 1. The fraction of sp³-hybridized carbons (Fsp3) is 0.667. The molecular weight excluding hydrogens is 249 g/mol. The molecule has 0 radical (unpaired) electrons. The highest BCUT2D eigenvalue weighted by Gasteiger charge is 2.27. The molecule has 0 bridgehead atoms. The molecule has 0 heterocycles. The van der Waals surface area contributed by atoms with Crippen LogP contribution in [0.5, 0.6) is 0 Å². The fourth-order valence-electron chi connectivity index (χ4n) is 3.44. The van der Waals surface area contributed by atoms with Crippen molar-refractivity contribution in [2.75, 3.05) is 6.54 Å². The van der Waals surface area contributed by atoms with Gasteiger partial charge in [-0.25, -0.2) is 4.39 Å². The van der Waals surface area contributed by atoms with Crippen LogP contribution in [0.25, 0.3) is 0 Å². The van der Waals surface area contributed by atoms with Gasteiger partial charge in [-0.3, -0.25) is 0 Å². The zero-order valence-electron chi connectivity index (χ0n) is 13.1. The van der Waals surface area contributed by atoms with E-state index >= 15 is 0 Å². The molecule has 0 aromatic heterocycles. The van der Waals surface area contributed by atoms with Gasteiger partial charge in [0.05, 0.1) is 0 Å². The highest BCUT2D eigenvalue weighted by molar-refractivity contribution is 5.26. The molecule has 0 spiro atoms. The van der Waals surface area contributed by atoms with Crippen molar-refractivity contribution < 1.29 is 4.39 Å². The minimum Gasteiger partial charge on any atom is -0.310 e. The summed E-state index contributed by atoms with van der Waals surface area (Å²) in [6.07, 6.45) is 6.30. The van der Waals surface area contributed by atoms with E-state index in [1.54, 1.807) is 6.07 Å². The molecule has 3 unspecified atom stereocenters. The Morgan fingerprint density at radius 2 is 2.15 bits per heavy atom. The first kappa shape index (κ1) is 15.5. The third-order valence-corrected chi connectivity index (χ3v) is 4.62. The summed E-state index contributed by atoms with van der Waals surface area (Å²) in [5.41, 5.74) is 1.86. The van der Waals surface area contributed by atoms with Gasteiger partial charge < -0.3 is 5.32 Å². The molecule has 1 saturated carbocycles. The van der Waals surface area contributed by atoms with Crippen LogP contribution in [-0.4, -0.2) is 6.54 Å². The van der Waals surface area contributed by atoms with Crippen LogP contribution in [0, 0.1) is 24.6 Å². The molecular formula is C18H28FN. The summed E-state index contributed by atoms with van der Waals surface area (Å²) in [5.74, 6) is 1.37. The lowest BCUT2D eigenvalue weighted by Gasteiger charge is -2.34. The van der Waals surface area contributed by atoms with E-state index in [0.29, 0.717) is 12.0 Å². The number of hydrogen-bond donors (Lipinski definition) is 1. The Bertz CT molecular complexity index is 429. The molecule has 0 amide bonds. The molecule has 1 aromatic carbocycles. The maximum Gasteiger partial charge on any atom is 0.126 e. The lowest BCUT2D eigenvalue weighted by molar-refractivity contribution is 0.223. The summed E-state index contributed by atoms with van der Waals surface area (Å²) in [6.45, 7) is 7.36. The van der Waals surface area contributed by atoms with Crippen molar-refractivity contribution in [3.63, 3.8) is 0 Å². The van der Waals surface area contributed by atoms with Crippen molar-refractivity contribution in [1.82, 2.24) is 5.32 Å². The van der Waals surface area contributed by atoms with E-state index in [4.69, 9.17) is 0 Å². The number of aryl methyl sites for hydroxylation is 1. The molecule has 1 aromatic rings. The van der Waals surface area contributed by atoms with Crippen molar-refractivity contribution in [2.24, 2.45) is 11.8 Å². The molecule has 1 fully saturated rings. The monoisotopic (exact) mass is 277 g/mol. The van der Waals surface area contributed by atoms with Crippen LogP contribution in [-0.2, 0) is 0 Å². The summed E-state index contributed by atoms with van der Waals surface area (Å²) in [4.78, 5) is 0. The van der Waals surface area contributed by atoms with E-state index in [9.17, 15) is 4.39 Å². The predicted molar refractivity (Wildman–Crippen MR) is 83.3 cm³/mol. The first-order chi connectivity index (χ1) is 9.61. The highest BCUT2D eigenvalue weighted by atomic mass is 19.1. The summed E-state index contributed by atoms with van der Waals surface area (Å²) in [6, 6.07) is 6.07. The number of rotatable bonds is 5.